The van der Waals surface area contributed by atoms with E-state index >= 15 is 0 Å². The molecule has 2 aliphatic heterocycles. The zero-order valence-corrected chi connectivity index (χ0v) is 14.0. The number of urea groups is 1. The van der Waals surface area contributed by atoms with Crippen LogP contribution in [0.15, 0.2) is 18.2 Å². The molecule has 2 amide bonds. The molecule has 1 unspecified atom stereocenters. The second kappa shape index (κ2) is 6.13. The fourth-order valence-electron chi connectivity index (χ4n) is 3.86. The molecule has 1 saturated heterocycles. The first-order valence-electron chi connectivity index (χ1n) is 8.85. The number of benzene rings is 1. The van der Waals surface area contributed by atoms with Gasteiger partial charge in [0, 0.05) is 37.7 Å². The molecule has 1 aliphatic carbocycles. The highest BCUT2D eigenvalue weighted by atomic mass is 16.7. The monoisotopic (exact) mass is 346 g/mol. The van der Waals surface area contributed by atoms with E-state index in [4.69, 9.17) is 14.6 Å². The van der Waals surface area contributed by atoms with Crippen LogP contribution in [0.5, 0.6) is 11.5 Å². The normalized spacial score (nSPS) is 23.7. The maximum atomic E-state index is 12.4. The van der Waals surface area contributed by atoms with E-state index in [9.17, 15) is 9.59 Å². The molecular formula is C18H22N2O5. The van der Waals surface area contributed by atoms with Crippen molar-refractivity contribution >= 4 is 17.7 Å². The van der Waals surface area contributed by atoms with E-state index in [1.54, 1.807) is 17.0 Å². The minimum absolute atomic E-state index is 0.245. The van der Waals surface area contributed by atoms with Crippen molar-refractivity contribution in [3.05, 3.63) is 18.2 Å². The SMILES string of the molecule is O=C(O)C1CCCN(C(=O)Nc2ccc3c(c2)OC2(CCCC2)O3)C1. The fraction of sp³-hybridized carbons (Fsp3) is 0.556. The molecule has 0 aromatic heterocycles. The van der Waals surface area contributed by atoms with Crippen LogP contribution in [0.25, 0.3) is 0 Å². The number of carbonyl (C=O) groups is 2. The van der Waals surface area contributed by atoms with Gasteiger partial charge in [-0.05, 0) is 37.8 Å². The quantitative estimate of drug-likeness (QED) is 0.859. The van der Waals surface area contributed by atoms with E-state index in [1.165, 1.54) is 0 Å². The average molecular weight is 346 g/mol. The maximum absolute atomic E-state index is 12.4. The standard InChI is InChI=1S/C18H22N2O5/c21-16(22)12-4-3-9-20(11-12)17(23)19-13-5-6-14-15(10-13)25-18(24-14)7-1-2-8-18/h5-6,10,12H,1-4,7-9,11H2,(H,19,23)(H,21,22). The molecule has 2 N–H and O–H groups in total. The number of likely N-dealkylation sites (tertiary alicyclic amines) is 1. The van der Waals surface area contributed by atoms with E-state index in [0.717, 1.165) is 25.7 Å². The molecule has 25 heavy (non-hydrogen) atoms. The van der Waals surface area contributed by atoms with Crippen molar-refractivity contribution in [2.75, 3.05) is 18.4 Å². The summed E-state index contributed by atoms with van der Waals surface area (Å²) in [5.41, 5.74) is 0.625. The second-order valence-electron chi connectivity index (χ2n) is 7.04. The second-order valence-corrected chi connectivity index (χ2v) is 7.04. The molecule has 0 bridgehead atoms. The number of aliphatic carboxylic acids is 1. The third-order valence-electron chi connectivity index (χ3n) is 5.21. The Hall–Kier alpha value is -2.44. The van der Waals surface area contributed by atoms with Gasteiger partial charge < -0.3 is 24.8 Å². The number of anilines is 1. The molecule has 1 atom stereocenters. The Labute approximate surface area is 145 Å². The molecule has 2 fully saturated rings. The number of carboxylic acids is 1. The Bertz CT molecular complexity index is 699. The van der Waals surface area contributed by atoms with Gasteiger partial charge in [0.2, 0.25) is 0 Å². The van der Waals surface area contributed by atoms with Crippen LogP contribution in [0, 0.1) is 5.92 Å². The van der Waals surface area contributed by atoms with Gasteiger partial charge in [0.1, 0.15) is 0 Å². The summed E-state index contributed by atoms with van der Waals surface area (Å²) in [7, 11) is 0. The van der Waals surface area contributed by atoms with E-state index < -0.39 is 17.7 Å². The molecule has 1 saturated carbocycles. The van der Waals surface area contributed by atoms with Gasteiger partial charge >= 0.3 is 12.0 Å². The van der Waals surface area contributed by atoms with E-state index in [1.807, 2.05) is 6.07 Å². The Balaban J connectivity index is 1.42. The number of ether oxygens (including phenoxy) is 2. The first-order chi connectivity index (χ1) is 12.0. The lowest BCUT2D eigenvalue weighted by atomic mass is 9.99. The number of nitrogens with zero attached hydrogens (tertiary/aromatic N) is 1. The van der Waals surface area contributed by atoms with Crippen molar-refractivity contribution in [3.8, 4) is 11.5 Å². The van der Waals surface area contributed by atoms with Crippen molar-refractivity contribution in [2.45, 2.75) is 44.3 Å². The largest absolute Gasteiger partial charge is 0.481 e. The van der Waals surface area contributed by atoms with Gasteiger partial charge in [0.05, 0.1) is 5.92 Å². The highest BCUT2D eigenvalue weighted by Crippen LogP contribution is 2.47. The molecule has 7 heteroatoms. The van der Waals surface area contributed by atoms with Gasteiger partial charge in [-0.25, -0.2) is 4.79 Å². The Kier molecular flexibility index (Phi) is 3.94. The van der Waals surface area contributed by atoms with Crippen LogP contribution in [-0.2, 0) is 4.79 Å². The zero-order valence-electron chi connectivity index (χ0n) is 14.0. The third kappa shape index (κ3) is 3.10. The van der Waals surface area contributed by atoms with Crippen molar-refractivity contribution in [3.63, 3.8) is 0 Å². The number of fused-ring (bicyclic) bond motifs is 1. The van der Waals surface area contributed by atoms with Crippen molar-refractivity contribution < 1.29 is 24.2 Å². The zero-order chi connectivity index (χ0) is 17.4. The summed E-state index contributed by atoms with van der Waals surface area (Å²) in [6.45, 7) is 0.818. The van der Waals surface area contributed by atoms with Crippen LogP contribution < -0.4 is 14.8 Å². The number of carboxylic acid groups (broad SMARTS) is 1. The summed E-state index contributed by atoms with van der Waals surface area (Å²) >= 11 is 0. The van der Waals surface area contributed by atoms with Gasteiger partial charge in [-0.3, -0.25) is 4.79 Å². The first-order valence-corrected chi connectivity index (χ1v) is 8.85. The number of rotatable bonds is 2. The summed E-state index contributed by atoms with van der Waals surface area (Å²) in [5, 5.41) is 12.0. The van der Waals surface area contributed by atoms with Crippen LogP contribution in [-0.4, -0.2) is 40.9 Å². The highest BCUT2D eigenvalue weighted by Gasteiger charge is 2.44. The molecule has 2 heterocycles. The van der Waals surface area contributed by atoms with Gasteiger partial charge in [-0.1, -0.05) is 0 Å². The van der Waals surface area contributed by atoms with Crippen LogP contribution >= 0.6 is 0 Å². The Morgan fingerprint density at radius 2 is 1.92 bits per heavy atom. The van der Waals surface area contributed by atoms with Crippen molar-refractivity contribution in [2.24, 2.45) is 5.92 Å². The lowest BCUT2D eigenvalue weighted by Gasteiger charge is -2.30. The van der Waals surface area contributed by atoms with Crippen LogP contribution in [0.4, 0.5) is 10.5 Å². The number of amides is 2. The minimum Gasteiger partial charge on any atom is -0.481 e. The molecule has 1 aromatic carbocycles. The number of carbonyl (C=O) groups excluding carboxylic acids is 1. The average Bonchev–Trinajstić information content (AvgIpc) is 3.20. The van der Waals surface area contributed by atoms with Crippen LogP contribution in [0.1, 0.15) is 38.5 Å². The molecule has 1 aromatic rings. The lowest BCUT2D eigenvalue weighted by Crippen LogP contribution is -2.44. The van der Waals surface area contributed by atoms with E-state index in [2.05, 4.69) is 5.32 Å². The van der Waals surface area contributed by atoms with Gasteiger partial charge in [0.15, 0.2) is 11.5 Å². The molecule has 4 rings (SSSR count). The Morgan fingerprint density at radius 1 is 1.16 bits per heavy atom. The number of piperidine rings is 1. The number of hydrogen-bond donors (Lipinski definition) is 2. The maximum Gasteiger partial charge on any atom is 0.321 e. The van der Waals surface area contributed by atoms with E-state index in [0.29, 0.717) is 36.6 Å². The Morgan fingerprint density at radius 3 is 2.68 bits per heavy atom. The van der Waals surface area contributed by atoms with Gasteiger partial charge in [-0.2, -0.15) is 0 Å². The van der Waals surface area contributed by atoms with Crippen molar-refractivity contribution in [1.82, 2.24) is 4.90 Å². The fourth-order valence-corrected chi connectivity index (χ4v) is 3.86. The molecular weight excluding hydrogens is 324 g/mol. The number of nitrogens with one attached hydrogen (secondary N) is 1. The smallest absolute Gasteiger partial charge is 0.321 e. The lowest BCUT2D eigenvalue weighted by molar-refractivity contribution is -0.143. The predicted molar refractivity (Wildman–Crippen MR) is 89.8 cm³/mol. The predicted octanol–water partition coefficient (Wildman–Crippen LogP) is 3.06. The highest BCUT2D eigenvalue weighted by molar-refractivity contribution is 5.90. The molecule has 0 radical (unpaired) electrons. The summed E-state index contributed by atoms with van der Waals surface area (Å²) in [6.07, 6.45) is 5.27. The van der Waals surface area contributed by atoms with Crippen molar-refractivity contribution in [1.29, 1.82) is 0 Å². The topological polar surface area (TPSA) is 88.1 Å². The van der Waals surface area contributed by atoms with Gasteiger partial charge in [0.25, 0.3) is 5.79 Å². The first kappa shape index (κ1) is 16.1. The molecule has 1 spiro atoms. The summed E-state index contributed by atoms with van der Waals surface area (Å²) in [4.78, 5) is 25.1. The summed E-state index contributed by atoms with van der Waals surface area (Å²) in [5.74, 6) is -0.487. The minimum atomic E-state index is -0.845. The number of hydrogen-bond acceptors (Lipinski definition) is 4. The third-order valence-corrected chi connectivity index (χ3v) is 5.21. The molecule has 3 aliphatic rings. The van der Waals surface area contributed by atoms with E-state index in [-0.39, 0.29) is 12.6 Å². The molecule has 134 valence electrons. The molecule has 7 nitrogen and oxygen atoms in total. The van der Waals surface area contributed by atoms with Crippen LogP contribution in [0.2, 0.25) is 0 Å². The van der Waals surface area contributed by atoms with Crippen LogP contribution in [0.3, 0.4) is 0 Å². The van der Waals surface area contributed by atoms with Gasteiger partial charge in [-0.15, -0.1) is 0 Å². The summed E-state index contributed by atoms with van der Waals surface area (Å²) < 4.78 is 12.0. The summed E-state index contributed by atoms with van der Waals surface area (Å²) in [6, 6.07) is 5.10.